The van der Waals surface area contributed by atoms with E-state index in [1.807, 2.05) is 0 Å². The molecule has 0 aromatic heterocycles. The molecular formula is C8H9ClNO3-. The molecule has 0 amide bonds. The highest BCUT2D eigenvalue weighted by molar-refractivity contribution is 5.88. The quantitative estimate of drug-likeness (QED) is 0.497. The Hall–Kier alpha value is -1.26. The van der Waals surface area contributed by atoms with Gasteiger partial charge in [0.1, 0.15) is 5.75 Å². The number of carboxylic acids is 1. The van der Waals surface area contributed by atoms with Crippen LogP contribution >= 0.6 is 0 Å². The molecule has 72 valence electrons. The van der Waals surface area contributed by atoms with Crippen molar-refractivity contribution < 1.29 is 27.4 Å². The molecule has 0 aliphatic carbocycles. The van der Waals surface area contributed by atoms with E-state index in [2.05, 4.69) is 0 Å². The Morgan fingerprint density at radius 2 is 2.08 bits per heavy atom. The van der Waals surface area contributed by atoms with E-state index in [1.54, 1.807) is 0 Å². The van der Waals surface area contributed by atoms with Crippen molar-refractivity contribution in [3.63, 3.8) is 0 Å². The van der Waals surface area contributed by atoms with Crippen molar-refractivity contribution in [2.75, 3.05) is 0 Å². The zero-order valence-electron chi connectivity index (χ0n) is 6.70. The maximum Gasteiger partial charge on any atom is 0.335 e. The Bertz CT molecular complexity index is 314. The topological polar surface area (TPSA) is 83.6 Å². The standard InChI is InChI=1S/C8H9NO3.ClH/c9-4-6-3-5(8(11)12)1-2-7(6)10;/h1-3,10H,4,9H2,(H,11,12);1H/p-1. The molecule has 1 rings (SSSR count). The lowest BCUT2D eigenvalue weighted by Crippen LogP contribution is -3.00. The summed E-state index contributed by atoms with van der Waals surface area (Å²) in [6, 6.07) is 4.01. The van der Waals surface area contributed by atoms with E-state index < -0.39 is 5.97 Å². The third kappa shape index (κ3) is 2.61. The summed E-state index contributed by atoms with van der Waals surface area (Å²) >= 11 is 0. The van der Waals surface area contributed by atoms with Crippen molar-refractivity contribution >= 4 is 5.97 Å². The SMILES string of the molecule is NCc1cc(C(=O)O)ccc1O.[Cl-]. The first-order chi connectivity index (χ1) is 5.65. The molecule has 5 heteroatoms. The molecule has 0 heterocycles. The average molecular weight is 203 g/mol. The van der Waals surface area contributed by atoms with Crippen molar-refractivity contribution in [3.8, 4) is 5.75 Å². The number of carboxylic acid groups (broad SMARTS) is 1. The van der Waals surface area contributed by atoms with Crippen molar-refractivity contribution in [1.82, 2.24) is 0 Å². The number of aromatic hydroxyl groups is 1. The lowest BCUT2D eigenvalue weighted by molar-refractivity contribution is -0.0000191. The van der Waals surface area contributed by atoms with Crippen LogP contribution in [0.4, 0.5) is 0 Å². The predicted octanol–water partition coefficient (Wildman–Crippen LogP) is -2.45. The van der Waals surface area contributed by atoms with Gasteiger partial charge < -0.3 is 28.4 Å². The Labute approximate surface area is 81.4 Å². The number of hydrogen-bond acceptors (Lipinski definition) is 3. The van der Waals surface area contributed by atoms with Crippen molar-refractivity contribution in [3.05, 3.63) is 29.3 Å². The summed E-state index contributed by atoms with van der Waals surface area (Å²) in [4.78, 5) is 10.5. The van der Waals surface area contributed by atoms with Gasteiger partial charge in [-0.05, 0) is 18.2 Å². The minimum absolute atomic E-state index is 0. The predicted molar refractivity (Wildman–Crippen MR) is 43.0 cm³/mol. The molecule has 1 aromatic rings. The Morgan fingerprint density at radius 3 is 2.54 bits per heavy atom. The number of phenolic OH excluding ortho intramolecular Hbond substituents is 1. The first-order valence-corrected chi connectivity index (χ1v) is 3.40. The van der Waals surface area contributed by atoms with Gasteiger partial charge in [0.05, 0.1) is 5.56 Å². The molecule has 4 N–H and O–H groups in total. The molecule has 0 spiro atoms. The van der Waals surface area contributed by atoms with Crippen LogP contribution in [-0.2, 0) is 6.54 Å². The van der Waals surface area contributed by atoms with Gasteiger partial charge in [0, 0.05) is 12.1 Å². The number of aromatic carboxylic acids is 1. The molecule has 0 aliphatic heterocycles. The van der Waals surface area contributed by atoms with Gasteiger partial charge in [-0.15, -0.1) is 0 Å². The van der Waals surface area contributed by atoms with Gasteiger partial charge in [0.25, 0.3) is 0 Å². The minimum atomic E-state index is -1.02. The number of benzene rings is 1. The molecule has 0 atom stereocenters. The van der Waals surface area contributed by atoms with E-state index in [0.717, 1.165) is 0 Å². The van der Waals surface area contributed by atoms with Gasteiger partial charge in [0.15, 0.2) is 0 Å². The largest absolute Gasteiger partial charge is 1.00 e. The van der Waals surface area contributed by atoms with Crippen LogP contribution in [0.15, 0.2) is 18.2 Å². The Morgan fingerprint density at radius 1 is 1.46 bits per heavy atom. The second-order valence-electron chi connectivity index (χ2n) is 2.35. The minimum Gasteiger partial charge on any atom is -1.00 e. The number of rotatable bonds is 2. The molecule has 0 saturated carbocycles. The van der Waals surface area contributed by atoms with Crippen LogP contribution in [-0.4, -0.2) is 16.2 Å². The van der Waals surface area contributed by atoms with Crippen molar-refractivity contribution in [2.24, 2.45) is 5.73 Å². The number of carbonyl (C=O) groups is 1. The lowest BCUT2D eigenvalue weighted by Gasteiger charge is -2.01. The third-order valence-corrected chi connectivity index (χ3v) is 1.55. The monoisotopic (exact) mass is 202 g/mol. The summed E-state index contributed by atoms with van der Waals surface area (Å²) in [5, 5.41) is 17.7. The molecule has 0 bridgehead atoms. The summed E-state index contributed by atoms with van der Waals surface area (Å²) in [6.07, 6.45) is 0. The fraction of sp³-hybridized carbons (Fsp3) is 0.125. The van der Waals surface area contributed by atoms with Crippen LogP contribution in [0.3, 0.4) is 0 Å². The molecule has 0 fully saturated rings. The fourth-order valence-corrected chi connectivity index (χ4v) is 0.882. The van der Waals surface area contributed by atoms with Gasteiger partial charge in [-0.1, -0.05) is 0 Å². The van der Waals surface area contributed by atoms with Gasteiger partial charge in [0.2, 0.25) is 0 Å². The normalized spacial score (nSPS) is 9.00. The third-order valence-electron chi connectivity index (χ3n) is 1.55. The highest BCUT2D eigenvalue weighted by atomic mass is 35.5. The van der Waals surface area contributed by atoms with E-state index in [-0.39, 0.29) is 30.3 Å². The molecule has 0 saturated heterocycles. The van der Waals surface area contributed by atoms with E-state index >= 15 is 0 Å². The fourth-order valence-electron chi connectivity index (χ4n) is 0.882. The van der Waals surface area contributed by atoms with Crippen LogP contribution in [0.1, 0.15) is 15.9 Å². The maximum atomic E-state index is 10.5. The van der Waals surface area contributed by atoms with Crippen LogP contribution in [0.2, 0.25) is 0 Å². The summed E-state index contributed by atoms with van der Waals surface area (Å²) in [7, 11) is 0. The van der Waals surface area contributed by atoms with Gasteiger partial charge in [-0.25, -0.2) is 4.79 Å². The van der Waals surface area contributed by atoms with Crippen molar-refractivity contribution in [2.45, 2.75) is 6.54 Å². The molecule has 0 unspecified atom stereocenters. The number of phenols is 1. The number of halogens is 1. The lowest BCUT2D eigenvalue weighted by atomic mass is 10.1. The molecule has 13 heavy (non-hydrogen) atoms. The Balaban J connectivity index is 0.00000144. The zero-order chi connectivity index (χ0) is 9.14. The molecular weight excluding hydrogens is 194 g/mol. The summed E-state index contributed by atoms with van der Waals surface area (Å²) in [6.45, 7) is 0.132. The number of hydrogen-bond donors (Lipinski definition) is 3. The van der Waals surface area contributed by atoms with Crippen LogP contribution < -0.4 is 18.1 Å². The summed E-state index contributed by atoms with van der Waals surface area (Å²) in [5.74, 6) is -0.993. The zero-order valence-corrected chi connectivity index (χ0v) is 7.45. The molecule has 4 nitrogen and oxygen atoms in total. The Kier molecular flexibility index (Phi) is 4.23. The van der Waals surface area contributed by atoms with Crippen LogP contribution in [0.25, 0.3) is 0 Å². The van der Waals surface area contributed by atoms with Gasteiger partial charge in [-0.3, -0.25) is 0 Å². The smallest absolute Gasteiger partial charge is 0.335 e. The van der Waals surface area contributed by atoms with Crippen LogP contribution in [0, 0.1) is 0 Å². The highest BCUT2D eigenvalue weighted by Gasteiger charge is 2.05. The van der Waals surface area contributed by atoms with E-state index in [4.69, 9.17) is 15.9 Å². The first kappa shape index (κ1) is 11.7. The average Bonchev–Trinajstić information content (AvgIpc) is 2.05. The van der Waals surface area contributed by atoms with Crippen molar-refractivity contribution in [1.29, 1.82) is 0 Å². The second kappa shape index (κ2) is 4.69. The van der Waals surface area contributed by atoms with Crippen LogP contribution in [0.5, 0.6) is 5.75 Å². The summed E-state index contributed by atoms with van der Waals surface area (Å²) < 4.78 is 0. The summed E-state index contributed by atoms with van der Waals surface area (Å²) in [5.41, 5.74) is 5.84. The molecule has 0 radical (unpaired) electrons. The number of nitrogens with two attached hydrogens (primary N) is 1. The molecule has 0 aliphatic rings. The maximum absolute atomic E-state index is 10.5. The van der Waals surface area contributed by atoms with E-state index in [0.29, 0.717) is 5.56 Å². The van der Waals surface area contributed by atoms with E-state index in [9.17, 15) is 4.79 Å². The van der Waals surface area contributed by atoms with Gasteiger partial charge >= 0.3 is 5.97 Å². The first-order valence-electron chi connectivity index (χ1n) is 3.40. The molecule has 1 aromatic carbocycles. The highest BCUT2D eigenvalue weighted by Crippen LogP contribution is 2.17. The van der Waals surface area contributed by atoms with E-state index in [1.165, 1.54) is 18.2 Å². The second-order valence-corrected chi connectivity index (χ2v) is 2.35. The van der Waals surface area contributed by atoms with Gasteiger partial charge in [-0.2, -0.15) is 0 Å².